The lowest BCUT2D eigenvalue weighted by molar-refractivity contribution is -0.133. The number of carbonyl (C=O) groups excluding carboxylic acids is 2. The average molecular weight is 480 g/mol. The largest absolute Gasteiger partial charge is 0.494 e. The zero-order valence-electron chi connectivity index (χ0n) is 18.5. The number of rotatable bonds is 8. The number of β-lactam (4-membered cyclic amide) rings is 1. The molecular formula is C27H23ClFNO4. The van der Waals surface area contributed by atoms with Gasteiger partial charge in [-0.15, -0.1) is 0 Å². The summed E-state index contributed by atoms with van der Waals surface area (Å²) in [6, 6.07) is 20.0. The molecule has 1 amide bonds. The second kappa shape index (κ2) is 10.1. The summed E-state index contributed by atoms with van der Waals surface area (Å²) in [5, 5.41) is 0.586. The fourth-order valence-corrected chi connectivity index (χ4v) is 4.18. The van der Waals surface area contributed by atoms with Crippen molar-refractivity contribution in [3.63, 3.8) is 0 Å². The van der Waals surface area contributed by atoms with Gasteiger partial charge in [0.2, 0.25) is 5.91 Å². The lowest BCUT2D eigenvalue weighted by atomic mass is 9.79. The summed E-state index contributed by atoms with van der Waals surface area (Å²) in [6.07, 6.45) is 0.488. The van der Waals surface area contributed by atoms with Crippen molar-refractivity contribution in [2.24, 2.45) is 5.92 Å². The van der Waals surface area contributed by atoms with E-state index in [0.717, 1.165) is 11.3 Å². The Labute approximate surface area is 202 Å². The predicted molar refractivity (Wildman–Crippen MR) is 129 cm³/mol. The van der Waals surface area contributed by atoms with Crippen molar-refractivity contribution in [3.05, 3.63) is 101 Å². The molecule has 1 aliphatic heterocycles. The van der Waals surface area contributed by atoms with Crippen LogP contribution in [0.1, 0.15) is 23.6 Å². The molecule has 3 aromatic rings. The number of benzene rings is 3. The predicted octanol–water partition coefficient (Wildman–Crippen LogP) is 5.84. The number of amides is 1. The van der Waals surface area contributed by atoms with E-state index in [2.05, 4.69) is 6.58 Å². The zero-order valence-corrected chi connectivity index (χ0v) is 19.3. The normalized spacial score (nSPS) is 17.1. The SMILES string of the molecule is C=C(C(=O)OC)c1ccc([C@H]2[C@H](CCOc3ccc(F)cc3)C(=O)N2c2ccc(Cl)cc2)cc1. The van der Waals surface area contributed by atoms with Crippen molar-refractivity contribution in [1.29, 1.82) is 0 Å². The van der Waals surface area contributed by atoms with Crippen molar-refractivity contribution >= 4 is 34.7 Å². The molecule has 1 saturated heterocycles. The van der Waals surface area contributed by atoms with E-state index >= 15 is 0 Å². The number of anilines is 1. The molecule has 2 atom stereocenters. The van der Waals surface area contributed by atoms with Crippen LogP contribution >= 0.6 is 11.6 Å². The quantitative estimate of drug-likeness (QED) is 0.231. The molecule has 0 bridgehead atoms. The number of esters is 1. The molecule has 174 valence electrons. The third-order valence-electron chi connectivity index (χ3n) is 5.86. The van der Waals surface area contributed by atoms with Crippen LogP contribution in [0.2, 0.25) is 5.02 Å². The Kier molecular flexibility index (Phi) is 6.98. The molecule has 0 saturated carbocycles. The molecule has 3 aromatic carbocycles. The van der Waals surface area contributed by atoms with E-state index in [0.29, 0.717) is 29.4 Å². The Morgan fingerprint density at radius 2 is 1.68 bits per heavy atom. The number of hydrogen-bond acceptors (Lipinski definition) is 4. The number of carbonyl (C=O) groups is 2. The maximum atomic E-state index is 13.1. The molecule has 0 radical (unpaired) electrons. The van der Waals surface area contributed by atoms with Crippen LogP contribution in [0, 0.1) is 11.7 Å². The van der Waals surface area contributed by atoms with Crippen molar-refractivity contribution in [3.8, 4) is 5.75 Å². The van der Waals surface area contributed by atoms with E-state index in [1.807, 2.05) is 24.3 Å². The third-order valence-corrected chi connectivity index (χ3v) is 6.11. The molecule has 4 rings (SSSR count). The highest BCUT2D eigenvalue weighted by atomic mass is 35.5. The maximum Gasteiger partial charge on any atom is 0.337 e. The fraction of sp³-hybridized carbons (Fsp3) is 0.185. The first-order valence-electron chi connectivity index (χ1n) is 10.7. The Morgan fingerprint density at radius 3 is 2.29 bits per heavy atom. The van der Waals surface area contributed by atoms with Gasteiger partial charge in [-0.25, -0.2) is 9.18 Å². The van der Waals surface area contributed by atoms with Gasteiger partial charge in [0.15, 0.2) is 0 Å². The summed E-state index contributed by atoms with van der Waals surface area (Å²) in [6.45, 7) is 4.10. The summed E-state index contributed by atoms with van der Waals surface area (Å²) in [5.41, 5.74) is 2.58. The molecule has 5 nitrogen and oxygen atoms in total. The highest BCUT2D eigenvalue weighted by molar-refractivity contribution is 6.30. The van der Waals surface area contributed by atoms with Gasteiger partial charge in [0.05, 0.1) is 31.2 Å². The second-order valence-electron chi connectivity index (χ2n) is 7.92. The van der Waals surface area contributed by atoms with Gasteiger partial charge in [0.1, 0.15) is 11.6 Å². The molecule has 0 unspecified atom stereocenters. The summed E-state index contributed by atoms with van der Waals surface area (Å²) in [4.78, 5) is 26.7. The fourth-order valence-electron chi connectivity index (χ4n) is 4.06. The number of hydrogen-bond donors (Lipinski definition) is 0. The molecule has 7 heteroatoms. The Balaban J connectivity index is 1.55. The molecule has 34 heavy (non-hydrogen) atoms. The highest BCUT2D eigenvalue weighted by Gasteiger charge is 2.48. The minimum atomic E-state index is -0.495. The van der Waals surface area contributed by atoms with E-state index in [9.17, 15) is 14.0 Å². The van der Waals surface area contributed by atoms with Gasteiger partial charge in [0, 0.05) is 10.7 Å². The third kappa shape index (κ3) is 4.82. The molecule has 0 spiro atoms. The molecule has 0 aliphatic carbocycles. The van der Waals surface area contributed by atoms with Crippen LogP contribution in [0.4, 0.5) is 10.1 Å². The molecule has 1 aliphatic rings. The molecule has 0 N–H and O–H groups in total. The van der Waals surface area contributed by atoms with E-state index in [4.69, 9.17) is 21.1 Å². The first kappa shape index (κ1) is 23.5. The summed E-state index contributed by atoms with van der Waals surface area (Å²) in [5.74, 6) is -0.600. The minimum Gasteiger partial charge on any atom is -0.494 e. The molecule has 1 heterocycles. The number of ether oxygens (including phenoxy) is 2. The second-order valence-corrected chi connectivity index (χ2v) is 8.36. The standard InChI is InChI=1S/C27H23ClFNO4/c1-17(27(32)33-2)18-3-5-19(6-4-18)25-24(15-16-34-23-13-9-21(29)10-14-23)26(31)30(25)22-11-7-20(28)8-12-22/h3-14,24-25H,1,15-16H2,2H3/t24-,25-/m0/s1. The summed E-state index contributed by atoms with van der Waals surface area (Å²) >= 11 is 6.03. The van der Waals surface area contributed by atoms with E-state index in [1.54, 1.807) is 41.3 Å². The highest BCUT2D eigenvalue weighted by Crippen LogP contribution is 2.45. The van der Waals surface area contributed by atoms with Crippen LogP contribution in [0.5, 0.6) is 5.75 Å². The zero-order chi connectivity index (χ0) is 24.2. The molecule has 0 aromatic heterocycles. The van der Waals surface area contributed by atoms with Crippen molar-refractivity contribution < 1.29 is 23.5 Å². The maximum absolute atomic E-state index is 13.1. The molecular weight excluding hydrogens is 457 g/mol. The van der Waals surface area contributed by atoms with Gasteiger partial charge in [-0.2, -0.15) is 0 Å². The smallest absolute Gasteiger partial charge is 0.337 e. The Hall–Kier alpha value is -3.64. The monoisotopic (exact) mass is 479 g/mol. The number of methoxy groups -OCH3 is 1. The van der Waals surface area contributed by atoms with E-state index in [1.165, 1.54) is 19.2 Å². The minimum absolute atomic E-state index is 0.0157. The lowest BCUT2D eigenvalue weighted by Gasteiger charge is -2.47. The van der Waals surface area contributed by atoms with Crippen LogP contribution in [0.15, 0.2) is 79.4 Å². The van der Waals surface area contributed by atoms with Crippen molar-refractivity contribution in [1.82, 2.24) is 0 Å². The lowest BCUT2D eigenvalue weighted by Crippen LogP contribution is -2.55. The Morgan fingerprint density at radius 1 is 1.03 bits per heavy atom. The van der Waals surface area contributed by atoms with Crippen LogP contribution < -0.4 is 9.64 Å². The van der Waals surface area contributed by atoms with Gasteiger partial charge in [-0.1, -0.05) is 42.4 Å². The van der Waals surface area contributed by atoms with Crippen molar-refractivity contribution in [2.75, 3.05) is 18.6 Å². The number of nitrogens with zero attached hydrogens (tertiary/aromatic N) is 1. The summed E-state index contributed by atoms with van der Waals surface area (Å²) in [7, 11) is 1.31. The van der Waals surface area contributed by atoms with Gasteiger partial charge < -0.3 is 14.4 Å². The van der Waals surface area contributed by atoms with E-state index < -0.39 is 5.97 Å². The van der Waals surface area contributed by atoms with Gasteiger partial charge in [-0.3, -0.25) is 4.79 Å². The molecule has 1 fully saturated rings. The van der Waals surface area contributed by atoms with Gasteiger partial charge >= 0.3 is 5.97 Å². The van der Waals surface area contributed by atoms with Crippen molar-refractivity contribution in [2.45, 2.75) is 12.5 Å². The average Bonchev–Trinajstić information content (AvgIpc) is 2.86. The summed E-state index contributed by atoms with van der Waals surface area (Å²) < 4.78 is 23.6. The first-order valence-corrected chi connectivity index (χ1v) is 11.1. The van der Waals surface area contributed by atoms with Gasteiger partial charge in [-0.05, 0) is 66.1 Å². The number of halogens is 2. The first-order chi connectivity index (χ1) is 16.4. The van der Waals surface area contributed by atoms with Crippen LogP contribution in [-0.2, 0) is 14.3 Å². The Bertz CT molecular complexity index is 1190. The van der Waals surface area contributed by atoms with Gasteiger partial charge in [0.25, 0.3) is 0 Å². The van der Waals surface area contributed by atoms with Crippen LogP contribution in [0.3, 0.4) is 0 Å². The van der Waals surface area contributed by atoms with Crippen LogP contribution in [-0.4, -0.2) is 25.6 Å². The topological polar surface area (TPSA) is 55.8 Å². The van der Waals surface area contributed by atoms with E-state index in [-0.39, 0.29) is 29.3 Å². The van der Waals surface area contributed by atoms with Crippen LogP contribution in [0.25, 0.3) is 5.57 Å².